The number of hydrogen-bond acceptors (Lipinski definition) is 2. The summed E-state index contributed by atoms with van der Waals surface area (Å²) < 4.78 is 5.18. The van der Waals surface area contributed by atoms with Gasteiger partial charge in [0.1, 0.15) is 0 Å². The van der Waals surface area contributed by atoms with Crippen LogP contribution in [0.15, 0.2) is 0 Å². The summed E-state index contributed by atoms with van der Waals surface area (Å²) in [5, 5.41) is 0. The molecule has 0 amide bonds. The fourth-order valence-corrected chi connectivity index (χ4v) is 0.961. The zero-order chi connectivity index (χ0) is 6.04. The van der Waals surface area contributed by atoms with Crippen molar-refractivity contribution in [1.29, 1.82) is 0 Å². The van der Waals surface area contributed by atoms with E-state index in [2.05, 4.69) is 6.92 Å². The molecule has 0 atom stereocenters. The maximum Gasteiger partial charge on any atom is 0.0667 e. The minimum absolute atomic E-state index is 0.559. The molecule has 1 nitrogen and oxygen atoms in total. The first-order chi connectivity index (χ1) is 3.77. The average Bonchev–Trinajstić information content (AvgIpc) is 2.45. The van der Waals surface area contributed by atoms with Crippen molar-refractivity contribution in [3.63, 3.8) is 0 Å². The first-order valence-corrected chi connectivity index (χ1v) is 4.07. The smallest absolute Gasteiger partial charge is 0.0667 e. The summed E-state index contributed by atoms with van der Waals surface area (Å²) in [6, 6.07) is 0. The predicted octanol–water partition coefficient (Wildman–Crippen LogP) is 2.08. The van der Waals surface area contributed by atoms with E-state index in [-0.39, 0.29) is 0 Å². The second-order valence-electron chi connectivity index (χ2n) is 2.74. The summed E-state index contributed by atoms with van der Waals surface area (Å²) >= 11 is 1.47. The summed E-state index contributed by atoms with van der Waals surface area (Å²) in [5.41, 5.74) is 0.559. The van der Waals surface area contributed by atoms with E-state index in [0.29, 0.717) is 5.41 Å². The second kappa shape index (κ2) is 2.28. The van der Waals surface area contributed by atoms with Crippen molar-refractivity contribution in [1.82, 2.24) is 0 Å². The zero-order valence-electron chi connectivity index (χ0n) is 5.44. The van der Waals surface area contributed by atoms with E-state index in [1.165, 1.54) is 24.9 Å². The lowest BCUT2D eigenvalue weighted by Gasteiger charge is -2.04. The molecule has 0 aromatic rings. The standard InChI is InChI=1S/C6H12OS/c1-6(3-4-6)5-7-8-2/h3-5H2,1-2H3. The Morgan fingerprint density at radius 3 is 2.62 bits per heavy atom. The molecular formula is C6H12OS. The van der Waals surface area contributed by atoms with Crippen LogP contribution < -0.4 is 0 Å². The van der Waals surface area contributed by atoms with Gasteiger partial charge in [0.15, 0.2) is 0 Å². The van der Waals surface area contributed by atoms with E-state index in [0.717, 1.165) is 6.61 Å². The van der Waals surface area contributed by atoms with Gasteiger partial charge in [-0.2, -0.15) is 0 Å². The third-order valence-corrected chi connectivity index (χ3v) is 1.98. The molecule has 0 bridgehead atoms. The van der Waals surface area contributed by atoms with Crippen LogP contribution in [-0.2, 0) is 4.18 Å². The summed E-state index contributed by atoms with van der Waals surface area (Å²) in [7, 11) is 0. The second-order valence-corrected chi connectivity index (χ2v) is 3.31. The fraction of sp³-hybridized carbons (Fsp3) is 1.00. The molecule has 0 N–H and O–H groups in total. The highest BCUT2D eigenvalue weighted by molar-refractivity contribution is 7.93. The Kier molecular flexibility index (Phi) is 1.83. The molecule has 2 heteroatoms. The average molecular weight is 132 g/mol. The maximum absolute atomic E-state index is 5.18. The van der Waals surface area contributed by atoms with Crippen molar-refractivity contribution < 1.29 is 4.18 Å². The molecule has 1 fully saturated rings. The first kappa shape index (κ1) is 6.43. The van der Waals surface area contributed by atoms with Gasteiger partial charge in [0, 0.05) is 6.26 Å². The Balaban J connectivity index is 2.01. The van der Waals surface area contributed by atoms with Crippen LogP contribution in [0, 0.1) is 5.41 Å². The lowest BCUT2D eigenvalue weighted by molar-refractivity contribution is 0.288. The van der Waals surface area contributed by atoms with Crippen LogP contribution >= 0.6 is 12.0 Å². The molecule has 48 valence electrons. The van der Waals surface area contributed by atoms with Crippen LogP contribution in [0.2, 0.25) is 0 Å². The molecular weight excluding hydrogens is 120 g/mol. The minimum atomic E-state index is 0.559. The van der Waals surface area contributed by atoms with Gasteiger partial charge in [-0.1, -0.05) is 6.92 Å². The largest absolute Gasteiger partial charge is 0.315 e. The molecule has 1 aliphatic carbocycles. The van der Waals surface area contributed by atoms with Crippen molar-refractivity contribution in [3.8, 4) is 0 Å². The Hall–Kier alpha value is 0.310. The molecule has 0 unspecified atom stereocenters. The molecule has 8 heavy (non-hydrogen) atoms. The van der Waals surface area contributed by atoms with E-state index >= 15 is 0 Å². The van der Waals surface area contributed by atoms with E-state index in [4.69, 9.17) is 4.18 Å². The van der Waals surface area contributed by atoms with Crippen LogP contribution in [0.1, 0.15) is 19.8 Å². The minimum Gasteiger partial charge on any atom is -0.315 e. The molecule has 0 heterocycles. The van der Waals surface area contributed by atoms with E-state index in [1.54, 1.807) is 0 Å². The lowest BCUT2D eigenvalue weighted by atomic mass is 10.2. The number of hydrogen-bond donors (Lipinski definition) is 0. The SMILES string of the molecule is CSOCC1(C)CC1. The number of rotatable bonds is 3. The van der Waals surface area contributed by atoms with Gasteiger partial charge in [0.25, 0.3) is 0 Å². The van der Waals surface area contributed by atoms with Gasteiger partial charge in [0.05, 0.1) is 6.61 Å². The third-order valence-electron chi connectivity index (χ3n) is 1.63. The van der Waals surface area contributed by atoms with Gasteiger partial charge in [-0.3, -0.25) is 0 Å². The molecule has 1 aliphatic rings. The van der Waals surface area contributed by atoms with Gasteiger partial charge in [0.2, 0.25) is 0 Å². The quantitative estimate of drug-likeness (QED) is 0.544. The maximum atomic E-state index is 5.18. The van der Waals surface area contributed by atoms with E-state index < -0.39 is 0 Å². The van der Waals surface area contributed by atoms with Gasteiger partial charge in [-0.05, 0) is 30.3 Å². The highest BCUT2D eigenvalue weighted by Crippen LogP contribution is 2.45. The molecule has 0 spiro atoms. The van der Waals surface area contributed by atoms with Crippen molar-refractivity contribution in [3.05, 3.63) is 0 Å². The van der Waals surface area contributed by atoms with Crippen LogP contribution in [0.4, 0.5) is 0 Å². The zero-order valence-corrected chi connectivity index (χ0v) is 6.25. The highest BCUT2D eigenvalue weighted by atomic mass is 32.2. The Labute approximate surface area is 55.0 Å². The predicted molar refractivity (Wildman–Crippen MR) is 36.8 cm³/mol. The molecule has 0 saturated heterocycles. The molecule has 0 aromatic heterocycles. The summed E-state index contributed by atoms with van der Waals surface area (Å²) in [4.78, 5) is 0. The van der Waals surface area contributed by atoms with Crippen molar-refractivity contribution >= 4 is 12.0 Å². The van der Waals surface area contributed by atoms with Crippen molar-refractivity contribution in [2.75, 3.05) is 12.9 Å². The molecule has 1 saturated carbocycles. The molecule has 0 aliphatic heterocycles. The monoisotopic (exact) mass is 132 g/mol. The summed E-state index contributed by atoms with van der Waals surface area (Å²) in [5.74, 6) is 0. The molecule has 1 rings (SSSR count). The normalized spacial score (nSPS) is 23.2. The van der Waals surface area contributed by atoms with Crippen LogP contribution in [0.5, 0.6) is 0 Å². The van der Waals surface area contributed by atoms with Crippen LogP contribution in [0.25, 0.3) is 0 Å². The van der Waals surface area contributed by atoms with E-state index in [9.17, 15) is 0 Å². The lowest BCUT2D eigenvalue weighted by Crippen LogP contribution is -2.00. The molecule has 0 aromatic carbocycles. The van der Waals surface area contributed by atoms with Gasteiger partial charge in [-0.15, -0.1) is 0 Å². The fourth-order valence-electron chi connectivity index (χ4n) is 0.559. The third kappa shape index (κ3) is 1.67. The Morgan fingerprint density at radius 2 is 2.25 bits per heavy atom. The van der Waals surface area contributed by atoms with Crippen LogP contribution in [-0.4, -0.2) is 12.9 Å². The first-order valence-electron chi connectivity index (χ1n) is 2.92. The summed E-state index contributed by atoms with van der Waals surface area (Å²) in [6.07, 6.45) is 4.67. The highest BCUT2D eigenvalue weighted by Gasteiger charge is 2.37. The van der Waals surface area contributed by atoms with Gasteiger partial charge < -0.3 is 4.18 Å². The topological polar surface area (TPSA) is 9.23 Å². The van der Waals surface area contributed by atoms with Crippen LogP contribution in [0.3, 0.4) is 0 Å². The van der Waals surface area contributed by atoms with Gasteiger partial charge in [-0.25, -0.2) is 0 Å². The Morgan fingerprint density at radius 1 is 1.62 bits per heavy atom. The van der Waals surface area contributed by atoms with Crippen molar-refractivity contribution in [2.45, 2.75) is 19.8 Å². The summed E-state index contributed by atoms with van der Waals surface area (Å²) in [6.45, 7) is 3.21. The van der Waals surface area contributed by atoms with Gasteiger partial charge >= 0.3 is 0 Å². The molecule has 0 radical (unpaired) electrons. The Bertz CT molecular complexity index is 78.6. The van der Waals surface area contributed by atoms with E-state index in [1.807, 2.05) is 6.26 Å². The van der Waals surface area contributed by atoms with Crippen molar-refractivity contribution in [2.24, 2.45) is 5.41 Å².